The predicted octanol–water partition coefficient (Wildman–Crippen LogP) is 1.60. The van der Waals surface area contributed by atoms with Gasteiger partial charge in [-0.2, -0.15) is 5.10 Å². The van der Waals surface area contributed by atoms with Gasteiger partial charge in [-0.1, -0.05) is 19.1 Å². The Morgan fingerprint density at radius 1 is 1.25 bits per heavy atom. The van der Waals surface area contributed by atoms with Crippen LogP contribution < -0.4 is 20.1 Å². The summed E-state index contributed by atoms with van der Waals surface area (Å²) < 4.78 is 13.1. The fourth-order valence-corrected chi connectivity index (χ4v) is 2.99. The van der Waals surface area contributed by atoms with Gasteiger partial charge < -0.3 is 20.1 Å². The van der Waals surface area contributed by atoms with Gasteiger partial charge in [-0.3, -0.25) is 4.79 Å². The van der Waals surface area contributed by atoms with E-state index in [-0.39, 0.29) is 12.5 Å². The van der Waals surface area contributed by atoms with Gasteiger partial charge in [-0.15, -0.1) is 0 Å². The second-order valence-electron chi connectivity index (χ2n) is 6.41. The fraction of sp³-hybridized carbons (Fsp3) is 0.368. The second kappa shape index (κ2) is 8.12. The molecule has 9 nitrogen and oxygen atoms in total. The molecule has 146 valence electrons. The molecule has 0 radical (unpaired) electrons. The molecule has 1 amide bonds. The monoisotopic (exact) mass is 382 g/mol. The van der Waals surface area contributed by atoms with E-state index in [9.17, 15) is 4.79 Å². The molecule has 1 aliphatic rings. The number of benzene rings is 1. The van der Waals surface area contributed by atoms with Crippen molar-refractivity contribution in [2.75, 3.05) is 25.0 Å². The Hall–Kier alpha value is -3.36. The summed E-state index contributed by atoms with van der Waals surface area (Å²) in [6.07, 6.45) is 3.59. The maximum Gasteiger partial charge on any atom is 0.264 e. The molecule has 0 aliphatic carbocycles. The maximum atomic E-state index is 12.4. The van der Waals surface area contributed by atoms with E-state index in [1.165, 1.54) is 6.33 Å². The molecule has 0 saturated heterocycles. The molecule has 1 aromatic carbocycles. The number of carbonyl (C=O) groups is 1. The second-order valence-corrected chi connectivity index (χ2v) is 6.41. The van der Waals surface area contributed by atoms with Crippen molar-refractivity contribution in [3.8, 4) is 11.5 Å². The lowest BCUT2D eigenvalue weighted by Crippen LogP contribution is -2.44. The van der Waals surface area contributed by atoms with Crippen molar-refractivity contribution in [1.82, 2.24) is 25.1 Å². The number of ether oxygens (including phenoxy) is 2. The molecule has 1 aliphatic heterocycles. The van der Waals surface area contributed by atoms with Gasteiger partial charge in [0.2, 0.25) is 6.10 Å². The standard InChI is InChI=1S/C19H22N6O3/c1-2-7-20-17-13-10-24-25(18(13)23-12-22-17)9-8-21-19(26)16-11-27-14-5-3-4-6-15(14)28-16/h3-6,10,12,16H,2,7-9,11H2,1H3,(H,21,26)(H,20,22,23). The number of nitrogens with zero attached hydrogens (tertiary/aromatic N) is 4. The first-order valence-corrected chi connectivity index (χ1v) is 9.33. The third-order valence-corrected chi connectivity index (χ3v) is 4.40. The SMILES string of the molecule is CCCNc1ncnc2c1cnn2CCNC(=O)C1COc2ccccc2O1. The first-order valence-electron chi connectivity index (χ1n) is 9.33. The lowest BCUT2D eigenvalue weighted by molar-refractivity contribution is -0.130. The van der Waals surface area contributed by atoms with Crippen LogP contribution in [0.4, 0.5) is 5.82 Å². The Bertz CT molecular complexity index is 973. The van der Waals surface area contributed by atoms with Crippen molar-refractivity contribution in [1.29, 1.82) is 0 Å². The minimum absolute atomic E-state index is 0.188. The van der Waals surface area contributed by atoms with Crippen LogP contribution >= 0.6 is 0 Å². The zero-order chi connectivity index (χ0) is 19.3. The van der Waals surface area contributed by atoms with Crippen LogP contribution in [0.5, 0.6) is 11.5 Å². The van der Waals surface area contributed by atoms with Crippen LogP contribution in [-0.4, -0.2) is 51.5 Å². The smallest absolute Gasteiger partial charge is 0.264 e. The van der Waals surface area contributed by atoms with Crippen molar-refractivity contribution in [3.05, 3.63) is 36.8 Å². The van der Waals surface area contributed by atoms with Crippen LogP contribution in [0.15, 0.2) is 36.8 Å². The van der Waals surface area contributed by atoms with Crippen LogP contribution in [0, 0.1) is 0 Å². The largest absolute Gasteiger partial charge is 0.485 e. The highest BCUT2D eigenvalue weighted by molar-refractivity contribution is 5.86. The van der Waals surface area contributed by atoms with E-state index in [0.717, 1.165) is 29.8 Å². The molecule has 1 unspecified atom stereocenters. The lowest BCUT2D eigenvalue weighted by atomic mass is 10.2. The molecule has 1 atom stereocenters. The van der Waals surface area contributed by atoms with Crippen LogP contribution in [0.1, 0.15) is 13.3 Å². The number of carbonyl (C=O) groups excluding carboxylic acids is 1. The van der Waals surface area contributed by atoms with Gasteiger partial charge in [-0.25, -0.2) is 14.6 Å². The molecule has 2 N–H and O–H groups in total. The van der Waals surface area contributed by atoms with E-state index in [2.05, 4.69) is 32.6 Å². The topological polar surface area (TPSA) is 103 Å². The van der Waals surface area contributed by atoms with Crippen molar-refractivity contribution < 1.29 is 14.3 Å². The van der Waals surface area contributed by atoms with E-state index in [1.807, 2.05) is 18.2 Å². The molecule has 3 aromatic rings. The first-order chi connectivity index (χ1) is 13.8. The van der Waals surface area contributed by atoms with Crippen LogP contribution in [0.3, 0.4) is 0 Å². The Balaban J connectivity index is 1.35. The molecule has 0 spiro atoms. The normalized spacial score (nSPS) is 15.4. The average molecular weight is 382 g/mol. The third-order valence-electron chi connectivity index (χ3n) is 4.40. The predicted molar refractivity (Wildman–Crippen MR) is 103 cm³/mol. The summed E-state index contributed by atoms with van der Waals surface area (Å²) in [5.74, 6) is 1.79. The molecule has 0 bridgehead atoms. The number of rotatable bonds is 7. The van der Waals surface area contributed by atoms with Gasteiger partial charge in [0.25, 0.3) is 5.91 Å². The zero-order valence-electron chi connectivity index (χ0n) is 15.6. The van der Waals surface area contributed by atoms with Crippen molar-refractivity contribution in [2.24, 2.45) is 0 Å². The van der Waals surface area contributed by atoms with Crippen molar-refractivity contribution >= 4 is 22.8 Å². The Morgan fingerprint density at radius 2 is 2.11 bits per heavy atom. The highest BCUT2D eigenvalue weighted by Crippen LogP contribution is 2.30. The van der Waals surface area contributed by atoms with Crippen LogP contribution in [0.25, 0.3) is 11.0 Å². The highest BCUT2D eigenvalue weighted by atomic mass is 16.6. The minimum atomic E-state index is -0.670. The van der Waals surface area contributed by atoms with Gasteiger partial charge in [-0.05, 0) is 18.6 Å². The lowest BCUT2D eigenvalue weighted by Gasteiger charge is -2.25. The van der Waals surface area contributed by atoms with Crippen LogP contribution in [0.2, 0.25) is 0 Å². The highest BCUT2D eigenvalue weighted by Gasteiger charge is 2.26. The molecule has 2 aromatic heterocycles. The van der Waals surface area contributed by atoms with E-state index in [4.69, 9.17) is 9.47 Å². The summed E-state index contributed by atoms with van der Waals surface area (Å²) in [7, 11) is 0. The summed E-state index contributed by atoms with van der Waals surface area (Å²) >= 11 is 0. The minimum Gasteiger partial charge on any atom is -0.485 e. The molecule has 3 heterocycles. The summed E-state index contributed by atoms with van der Waals surface area (Å²) in [5.41, 5.74) is 0.731. The van der Waals surface area contributed by atoms with E-state index >= 15 is 0 Å². The summed E-state index contributed by atoms with van der Waals surface area (Å²) in [5, 5.41) is 11.4. The number of amides is 1. The molecule has 28 heavy (non-hydrogen) atoms. The van der Waals surface area contributed by atoms with E-state index in [1.54, 1.807) is 16.9 Å². The average Bonchev–Trinajstić information content (AvgIpc) is 3.15. The van der Waals surface area contributed by atoms with Gasteiger partial charge in [0.05, 0.1) is 18.1 Å². The van der Waals surface area contributed by atoms with Gasteiger partial charge in [0.15, 0.2) is 17.1 Å². The quantitative estimate of drug-likeness (QED) is 0.640. The first kappa shape index (κ1) is 18.0. The van der Waals surface area contributed by atoms with Crippen LogP contribution in [-0.2, 0) is 11.3 Å². The van der Waals surface area contributed by atoms with Crippen molar-refractivity contribution in [3.63, 3.8) is 0 Å². The maximum absolute atomic E-state index is 12.4. The molecular weight excluding hydrogens is 360 g/mol. The molecule has 4 rings (SSSR count). The van der Waals surface area contributed by atoms with E-state index in [0.29, 0.717) is 24.6 Å². The molecule has 0 saturated carbocycles. The van der Waals surface area contributed by atoms with Gasteiger partial charge in [0, 0.05) is 13.1 Å². The summed E-state index contributed by atoms with van der Waals surface area (Å²) in [4.78, 5) is 21.0. The number of hydrogen-bond acceptors (Lipinski definition) is 7. The Labute approximate surface area is 162 Å². The molecule has 0 fully saturated rings. The van der Waals surface area contributed by atoms with Crippen molar-refractivity contribution in [2.45, 2.75) is 26.0 Å². The van der Waals surface area contributed by atoms with E-state index < -0.39 is 6.10 Å². The number of hydrogen-bond donors (Lipinski definition) is 2. The summed E-state index contributed by atoms with van der Waals surface area (Å²) in [6, 6.07) is 7.31. The number of fused-ring (bicyclic) bond motifs is 2. The number of para-hydroxylation sites is 2. The summed E-state index contributed by atoms with van der Waals surface area (Å²) in [6.45, 7) is 4.01. The van der Waals surface area contributed by atoms with Gasteiger partial charge in [0.1, 0.15) is 18.8 Å². The molecular formula is C19H22N6O3. The number of nitrogens with one attached hydrogen (secondary N) is 2. The molecule has 9 heteroatoms. The number of aromatic nitrogens is 4. The third kappa shape index (κ3) is 3.68. The van der Waals surface area contributed by atoms with Gasteiger partial charge >= 0.3 is 0 Å². The fourth-order valence-electron chi connectivity index (χ4n) is 2.99. The Kier molecular flexibility index (Phi) is 5.22. The number of anilines is 1. The zero-order valence-corrected chi connectivity index (χ0v) is 15.6. The Morgan fingerprint density at radius 3 is 2.96 bits per heavy atom.